The van der Waals surface area contributed by atoms with Gasteiger partial charge < -0.3 is 15.5 Å². The van der Waals surface area contributed by atoms with Gasteiger partial charge in [-0.2, -0.15) is 0 Å². The van der Waals surface area contributed by atoms with Crippen molar-refractivity contribution in [1.82, 2.24) is 9.97 Å². The van der Waals surface area contributed by atoms with Crippen molar-refractivity contribution in [2.75, 3.05) is 29.9 Å². The van der Waals surface area contributed by atoms with Crippen LogP contribution in [-0.2, 0) is 0 Å². The van der Waals surface area contributed by atoms with Crippen LogP contribution in [0.25, 0.3) is 0 Å². The summed E-state index contributed by atoms with van der Waals surface area (Å²) in [7, 11) is 2.06. The number of rotatable bonds is 3. The summed E-state index contributed by atoms with van der Waals surface area (Å²) in [5, 5.41) is 0. The molecule has 1 saturated heterocycles. The second-order valence-corrected chi connectivity index (χ2v) is 5.33. The highest BCUT2D eigenvalue weighted by Gasteiger charge is 2.21. The number of aryl methyl sites for hydroxylation is 1. The molecule has 0 bridgehead atoms. The van der Waals surface area contributed by atoms with E-state index in [0.717, 1.165) is 37.0 Å². The third kappa shape index (κ3) is 2.72. The molecular formula is C13H23N5. The van der Waals surface area contributed by atoms with Crippen LogP contribution in [0.15, 0.2) is 6.07 Å². The molecule has 1 atom stereocenters. The van der Waals surface area contributed by atoms with Gasteiger partial charge >= 0.3 is 0 Å². The maximum absolute atomic E-state index is 5.95. The lowest BCUT2D eigenvalue weighted by atomic mass is 10.3. The zero-order valence-corrected chi connectivity index (χ0v) is 11.7. The van der Waals surface area contributed by atoms with Crippen LogP contribution in [0.1, 0.15) is 26.1 Å². The monoisotopic (exact) mass is 249 g/mol. The molecule has 100 valence electrons. The molecular weight excluding hydrogens is 226 g/mol. The first-order valence-corrected chi connectivity index (χ1v) is 6.56. The number of aromatic nitrogens is 2. The van der Waals surface area contributed by atoms with Gasteiger partial charge in [-0.25, -0.2) is 9.97 Å². The number of nitrogens with two attached hydrogens (primary N) is 1. The first-order valence-electron chi connectivity index (χ1n) is 6.56. The van der Waals surface area contributed by atoms with Crippen LogP contribution in [0.4, 0.5) is 11.6 Å². The number of hydrogen-bond acceptors (Lipinski definition) is 5. The molecule has 0 saturated carbocycles. The van der Waals surface area contributed by atoms with Crippen LogP contribution >= 0.6 is 0 Å². The molecule has 1 aliphatic heterocycles. The van der Waals surface area contributed by atoms with Gasteiger partial charge in [0.2, 0.25) is 0 Å². The number of nitrogens with zero attached hydrogens (tertiary/aromatic N) is 4. The van der Waals surface area contributed by atoms with Crippen molar-refractivity contribution in [3.63, 3.8) is 0 Å². The van der Waals surface area contributed by atoms with E-state index >= 15 is 0 Å². The second-order valence-electron chi connectivity index (χ2n) is 5.33. The van der Waals surface area contributed by atoms with E-state index in [9.17, 15) is 0 Å². The molecule has 0 radical (unpaired) electrons. The minimum Gasteiger partial charge on any atom is -0.357 e. The summed E-state index contributed by atoms with van der Waals surface area (Å²) in [6, 6.07) is 2.75. The zero-order chi connectivity index (χ0) is 13.3. The average molecular weight is 249 g/mol. The van der Waals surface area contributed by atoms with Gasteiger partial charge in [0, 0.05) is 38.3 Å². The highest BCUT2D eigenvalue weighted by Crippen LogP contribution is 2.22. The third-order valence-corrected chi connectivity index (χ3v) is 3.50. The Labute approximate surface area is 109 Å². The van der Waals surface area contributed by atoms with Crippen molar-refractivity contribution in [2.24, 2.45) is 5.73 Å². The van der Waals surface area contributed by atoms with Gasteiger partial charge in [0.15, 0.2) is 0 Å². The molecule has 0 amide bonds. The lowest BCUT2D eigenvalue weighted by molar-refractivity contribution is 0.735. The molecule has 1 aromatic heterocycles. The van der Waals surface area contributed by atoms with Gasteiger partial charge in [0.05, 0.1) is 0 Å². The molecule has 2 heterocycles. The molecule has 1 fully saturated rings. The molecule has 1 aliphatic rings. The van der Waals surface area contributed by atoms with Crippen LogP contribution in [-0.4, -0.2) is 42.2 Å². The fourth-order valence-electron chi connectivity index (χ4n) is 2.14. The van der Waals surface area contributed by atoms with E-state index in [4.69, 9.17) is 5.73 Å². The van der Waals surface area contributed by atoms with E-state index in [0.29, 0.717) is 6.04 Å². The Kier molecular flexibility index (Phi) is 3.71. The normalized spacial score (nSPS) is 19.7. The largest absolute Gasteiger partial charge is 0.357 e. The Bertz CT molecular complexity index is 418. The predicted molar refractivity (Wildman–Crippen MR) is 75.1 cm³/mol. The van der Waals surface area contributed by atoms with Crippen LogP contribution in [0.3, 0.4) is 0 Å². The fraction of sp³-hybridized carbons (Fsp3) is 0.692. The summed E-state index contributed by atoms with van der Waals surface area (Å²) >= 11 is 0. The summed E-state index contributed by atoms with van der Waals surface area (Å²) in [6.07, 6.45) is 1.04. The molecule has 1 aromatic rings. The molecule has 5 heteroatoms. The van der Waals surface area contributed by atoms with Crippen molar-refractivity contribution in [3.05, 3.63) is 11.9 Å². The van der Waals surface area contributed by atoms with Gasteiger partial charge in [-0.15, -0.1) is 0 Å². The van der Waals surface area contributed by atoms with E-state index in [1.54, 1.807) is 0 Å². The van der Waals surface area contributed by atoms with Crippen LogP contribution in [0.2, 0.25) is 0 Å². The van der Waals surface area contributed by atoms with E-state index in [-0.39, 0.29) is 6.04 Å². The predicted octanol–water partition coefficient (Wildman–Crippen LogP) is 1.17. The maximum atomic E-state index is 5.95. The molecule has 2 rings (SSSR count). The second kappa shape index (κ2) is 5.10. The maximum Gasteiger partial charge on any atom is 0.134 e. The van der Waals surface area contributed by atoms with E-state index in [2.05, 4.69) is 46.7 Å². The first kappa shape index (κ1) is 13.1. The minimum atomic E-state index is 0.270. The highest BCUT2D eigenvalue weighted by molar-refractivity contribution is 5.51. The van der Waals surface area contributed by atoms with Gasteiger partial charge in [-0.1, -0.05) is 0 Å². The lowest BCUT2D eigenvalue weighted by Gasteiger charge is -2.25. The molecule has 0 aliphatic carbocycles. The van der Waals surface area contributed by atoms with Gasteiger partial charge in [0.1, 0.15) is 17.5 Å². The van der Waals surface area contributed by atoms with Crippen molar-refractivity contribution < 1.29 is 0 Å². The van der Waals surface area contributed by atoms with Gasteiger partial charge in [0.25, 0.3) is 0 Å². The topological polar surface area (TPSA) is 58.3 Å². The molecule has 0 aromatic carbocycles. The molecule has 0 spiro atoms. The van der Waals surface area contributed by atoms with Crippen molar-refractivity contribution in [3.8, 4) is 0 Å². The van der Waals surface area contributed by atoms with Crippen LogP contribution in [0.5, 0.6) is 0 Å². The molecule has 1 unspecified atom stereocenters. The van der Waals surface area contributed by atoms with E-state index in [1.807, 2.05) is 6.92 Å². The summed E-state index contributed by atoms with van der Waals surface area (Å²) < 4.78 is 0. The number of hydrogen-bond donors (Lipinski definition) is 1. The minimum absolute atomic E-state index is 0.270. The third-order valence-electron chi connectivity index (χ3n) is 3.50. The van der Waals surface area contributed by atoms with Crippen molar-refractivity contribution in [1.29, 1.82) is 0 Å². The lowest BCUT2D eigenvalue weighted by Crippen LogP contribution is -2.29. The Morgan fingerprint density at radius 2 is 2.17 bits per heavy atom. The highest BCUT2D eigenvalue weighted by atomic mass is 15.3. The molecule has 18 heavy (non-hydrogen) atoms. The SMILES string of the molecule is Cc1nc(N2CCC(N)C2)cc(N(C)C(C)C)n1. The molecule has 5 nitrogen and oxygen atoms in total. The Hall–Kier alpha value is -1.36. The van der Waals surface area contributed by atoms with E-state index in [1.165, 1.54) is 0 Å². The first-order chi connectivity index (χ1) is 8.47. The standard InChI is InChI=1S/C13H23N5/c1-9(2)17(4)12-7-13(16-10(3)15-12)18-6-5-11(14)8-18/h7,9,11H,5-6,8,14H2,1-4H3. The van der Waals surface area contributed by atoms with Crippen LogP contribution in [0, 0.1) is 6.92 Å². The van der Waals surface area contributed by atoms with Gasteiger partial charge in [-0.05, 0) is 27.2 Å². The Morgan fingerprint density at radius 3 is 2.72 bits per heavy atom. The summed E-state index contributed by atoms with van der Waals surface area (Å²) in [5.41, 5.74) is 5.95. The smallest absolute Gasteiger partial charge is 0.134 e. The van der Waals surface area contributed by atoms with Gasteiger partial charge in [-0.3, -0.25) is 0 Å². The van der Waals surface area contributed by atoms with Crippen molar-refractivity contribution in [2.45, 2.75) is 39.3 Å². The summed E-state index contributed by atoms with van der Waals surface area (Å²) in [6.45, 7) is 8.13. The quantitative estimate of drug-likeness (QED) is 0.871. The van der Waals surface area contributed by atoms with Crippen molar-refractivity contribution >= 4 is 11.6 Å². The zero-order valence-electron chi connectivity index (χ0n) is 11.7. The molecule has 2 N–H and O–H groups in total. The van der Waals surface area contributed by atoms with E-state index < -0.39 is 0 Å². The average Bonchev–Trinajstić information content (AvgIpc) is 2.74. The summed E-state index contributed by atoms with van der Waals surface area (Å²) in [5.74, 6) is 2.79. The van der Waals surface area contributed by atoms with Crippen LogP contribution < -0.4 is 15.5 Å². The Morgan fingerprint density at radius 1 is 1.44 bits per heavy atom. The fourth-order valence-corrected chi connectivity index (χ4v) is 2.14. The number of anilines is 2. The summed E-state index contributed by atoms with van der Waals surface area (Å²) in [4.78, 5) is 13.4. The Balaban J connectivity index is 2.26.